The maximum atomic E-state index is 11.3. The first-order chi connectivity index (χ1) is 7.09. The fourth-order valence-corrected chi connectivity index (χ4v) is 1.10. The average molecular weight is 214 g/mol. The van der Waals surface area contributed by atoms with Crippen LogP contribution in [0.3, 0.4) is 0 Å². The number of nitrogens with one attached hydrogen (secondary N) is 2. The van der Waals surface area contributed by atoms with Gasteiger partial charge in [-0.05, 0) is 25.7 Å². The van der Waals surface area contributed by atoms with E-state index in [0.29, 0.717) is 19.4 Å². The van der Waals surface area contributed by atoms with E-state index in [9.17, 15) is 4.79 Å². The van der Waals surface area contributed by atoms with Crippen LogP contribution in [0.15, 0.2) is 0 Å². The molecule has 0 aliphatic heterocycles. The summed E-state index contributed by atoms with van der Waals surface area (Å²) in [5, 5.41) is 9.56. The summed E-state index contributed by atoms with van der Waals surface area (Å²) >= 11 is 0. The molecule has 0 spiro atoms. The summed E-state index contributed by atoms with van der Waals surface area (Å²) in [5.74, 6) is -0.385. The average Bonchev–Trinajstić information content (AvgIpc) is 2.95. The monoisotopic (exact) mass is 214 g/mol. The summed E-state index contributed by atoms with van der Waals surface area (Å²) in [6.07, 6.45) is 3.28. The molecule has 6 N–H and O–H groups in total. The topological polar surface area (TPSA) is 114 Å². The van der Waals surface area contributed by atoms with Gasteiger partial charge < -0.3 is 21.5 Å². The number of guanidine groups is 1. The van der Waals surface area contributed by atoms with Crippen molar-refractivity contribution in [3.05, 3.63) is 0 Å². The van der Waals surface area contributed by atoms with E-state index in [1.165, 1.54) is 0 Å². The molecule has 1 aliphatic rings. The van der Waals surface area contributed by atoms with Crippen LogP contribution < -0.4 is 16.8 Å². The third kappa shape index (κ3) is 5.21. The molecule has 1 fully saturated rings. The zero-order valence-electron chi connectivity index (χ0n) is 8.66. The van der Waals surface area contributed by atoms with E-state index in [1.807, 2.05) is 0 Å². The highest BCUT2D eigenvalue weighted by Crippen LogP contribution is 2.23. The molecule has 0 radical (unpaired) electrons. The summed E-state index contributed by atoms with van der Waals surface area (Å²) in [7, 11) is 0. The first-order valence-electron chi connectivity index (χ1n) is 5.13. The van der Waals surface area contributed by atoms with Crippen molar-refractivity contribution >= 4 is 11.9 Å². The molecule has 1 aliphatic carbocycles. The number of carbonyl (C=O) groups is 1. The number of hydrogen-bond donors (Lipinski definition) is 4. The summed E-state index contributed by atoms with van der Waals surface area (Å²) in [6, 6.07) is -0.556. The summed E-state index contributed by atoms with van der Waals surface area (Å²) in [6.45, 7) is 0.555. The van der Waals surface area contributed by atoms with Gasteiger partial charge in [0, 0.05) is 6.54 Å². The Hall–Kier alpha value is -1.30. The minimum atomic E-state index is -0.556. The maximum absolute atomic E-state index is 11.3. The van der Waals surface area contributed by atoms with E-state index in [1.54, 1.807) is 0 Å². The zero-order valence-corrected chi connectivity index (χ0v) is 8.66. The van der Waals surface area contributed by atoms with Gasteiger partial charge in [-0.1, -0.05) is 0 Å². The van der Waals surface area contributed by atoms with Crippen molar-refractivity contribution in [1.82, 2.24) is 5.32 Å². The molecular formula is C9H18N4O2. The van der Waals surface area contributed by atoms with Crippen LogP contribution in [0.4, 0.5) is 0 Å². The van der Waals surface area contributed by atoms with Crippen LogP contribution in [0, 0.1) is 5.41 Å². The fourth-order valence-electron chi connectivity index (χ4n) is 1.10. The van der Waals surface area contributed by atoms with Crippen molar-refractivity contribution in [2.24, 2.45) is 11.5 Å². The lowest BCUT2D eigenvalue weighted by atomic mass is 10.2. The first kappa shape index (κ1) is 11.8. The molecule has 1 rings (SSSR count). The molecule has 6 heteroatoms. The van der Waals surface area contributed by atoms with Crippen LogP contribution in [0.5, 0.6) is 0 Å². The minimum Gasteiger partial charge on any atom is -0.461 e. The lowest BCUT2D eigenvalue weighted by molar-refractivity contribution is -0.146. The molecule has 0 amide bonds. The Balaban J connectivity index is 2.03. The third-order valence-electron chi connectivity index (χ3n) is 2.12. The number of nitrogens with two attached hydrogens (primary N) is 2. The van der Waals surface area contributed by atoms with Crippen LogP contribution in [-0.4, -0.2) is 30.6 Å². The number of rotatable bonds is 6. The van der Waals surface area contributed by atoms with E-state index < -0.39 is 6.04 Å². The molecule has 1 saturated carbocycles. The predicted molar refractivity (Wildman–Crippen MR) is 56.2 cm³/mol. The van der Waals surface area contributed by atoms with Crippen LogP contribution in [0.25, 0.3) is 0 Å². The van der Waals surface area contributed by atoms with Crippen molar-refractivity contribution in [2.75, 3.05) is 6.54 Å². The highest BCUT2D eigenvalue weighted by atomic mass is 16.5. The second kappa shape index (κ2) is 5.55. The van der Waals surface area contributed by atoms with Gasteiger partial charge in [0.1, 0.15) is 12.1 Å². The fraction of sp³-hybridized carbons (Fsp3) is 0.778. The van der Waals surface area contributed by atoms with Crippen LogP contribution in [-0.2, 0) is 9.53 Å². The van der Waals surface area contributed by atoms with Gasteiger partial charge in [-0.15, -0.1) is 0 Å². The zero-order chi connectivity index (χ0) is 11.3. The van der Waals surface area contributed by atoms with E-state index in [2.05, 4.69) is 5.32 Å². The molecule has 0 saturated heterocycles. The van der Waals surface area contributed by atoms with Gasteiger partial charge in [0.15, 0.2) is 5.96 Å². The normalized spacial score (nSPS) is 16.9. The molecule has 0 bridgehead atoms. The third-order valence-corrected chi connectivity index (χ3v) is 2.12. The highest BCUT2D eigenvalue weighted by Gasteiger charge is 2.28. The Morgan fingerprint density at radius 2 is 2.27 bits per heavy atom. The molecule has 0 aromatic heterocycles. The van der Waals surface area contributed by atoms with Crippen molar-refractivity contribution < 1.29 is 9.53 Å². The van der Waals surface area contributed by atoms with Gasteiger partial charge in [-0.2, -0.15) is 0 Å². The second-order valence-corrected chi connectivity index (χ2v) is 3.73. The molecule has 6 nitrogen and oxygen atoms in total. The predicted octanol–water partition coefficient (Wildman–Crippen LogP) is -0.717. The van der Waals surface area contributed by atoms with Crippen molar-refractivity contribution in [2.45, 2.75) is 37.8 Å². The van der Waals surface area contributed by atoms with Crippen molar-refractivity contribution in [1.29, 1.82) is 5.41 Å². The van der Waals surface area contributed by atoms with Crippen molar-refractivity contribution in [3.8, 4) is 0 Å². The largest absolute Gasteiger partial charge is 0.461 e. The van der Waals surface area contributed by atoms with Crippen LogP contribution >= 0.6 is 0 Å². The van der Waals surface area contributed by atoms with Crippen LogP contribution in [0.1, 0.15) is 25.7 Å². The first-order valence-corrected chi connectivity index (χ1v) is 5.13. The van der Waals surface area contributed by atoms with Gasteiger partial charge in [0.2, 0.25) is 0 Å². The van der Waals surface area contributed by atoms with Gasteiger partial charge in [0.25, 0.3) is 0 Å². The summed E-state index contributed by atoms with van der Waals surface area (Å²) in [5.41, 5.74) is 10.7. The van der Waals surface area contributed by atoms with Gasteiger partial charge in [-0.25, -0.2) is 0 Å². The quantitative estimate of drug-likeness (QED) is 0.202. The van der Waals surface area contributed by atoms with E-state index in [0.717, 1.165) is 12.8 Å². The number of ether oxygens (including phenoxy) is 1. The van der Waals surface area contributed by atoms with Crippen molar-refractivity contribution in [3.63, 3.8) is 0 Å². The molecule has 15 heavy (non-hydrogen) atoms. The Morgan fingerprint density at radius 3 is 2.80 bits per heavy atom. The number of hydrogen-bond acceptors (Lipinski definition) is 4. The Bertz CT molecular complexity index is 240. The highest BCUT2D eigenvalue weighted by molar-refractivity contribution is 5.76. The SMILES string of the molecule is N=C(N)NCCC[C@H](N)C(=O)OC1CC1. The lowest BCUT2D eigenvalue weighted by Gasteiger charge is -2.11. The molecule has 0 aromatic carbocycles. The minimum absolute atomic E-state index is 0.0656. The number of esters is 1. The second-order valence-electron chi connectivity index (χ2n) is 3.73. The molecule has 0 aromatic rings. The lowest BCUT2D eigenvalue weighted by Crippen LogP contribution is -2.35. The Labute approximate surface area is 88.8 Å². The maximum Gasteiger partial charge on any atom is 0.323 e. The Morgan fingerprint density at radius 1 is 1.60 bits per heavy atom. The summed E-state index contributed by atoms with van der Waals surface area (Å²) in [4.78, 5) is 11.3. The molecule has 1 atom stereocenters. The summed E-state index contributed by atoms with van der Waals surface area (Å²) < 4.78 is 5.05. The molecule has 0 unspecified atom stereocenters. The van der Waals surface area contributed by atoms with Gasteiger partial charge in [-0.3, -0.25) is 10.2 Å². The van der Waals surface area contributed by atoms with Gasteiger partial charge >= 0.3 is 5.97 Å². The van der Waals surface area contributed by atoms with Crippen LogP contribution in [0.2, 0.25) is 0 Å². The molecular weight excluding hydrogens is 196 g/mol. The van der Waals surface area contributed by atoms with Gasteiger partial charge in [0.05, 0.1) is 0 Å². The molecule has 86 valence electrons. The smallest absolute Gasteiger partial charge is 0.323 e. The molecule has 0 heterocycles. The van der Waals surface area contributed by atoms with E-state index in [-0.39, 0.29) is 18.0 Å². The Kier molecular flexibility index (Phi) is 4.36. The number of carbonyl (C=O) groups excluding carboxylic acids is 1. The van der Waals surface area contributed by atoms with E-state index in [4.69, 9.17) is 21.6 Å². The van der Waals surface area contributed by atoms with E-state index >= 15 is 0 Å². The standard InChI is InChI=1S/C9H18N4O2/c10-7(2-1-5-13-9(11)12)8(14)15-6-3-4-6/h6-7H,1-5,10H2,(H4,11,12,13)/t7-/m0/s1.